The highest BCUT2D eigenvalue weighted by Crippen LogP contribution is 2.31. The number of fused-ring (bicyclic) bond motifs is 1. The summed E-state index contributed by atoms with van der Waals surface area (Å²) in [5, 5.41) is 7.68. The number of sulfonamides is 1. The van der Waals surface area contributed by atoms with E-state index in [1.807, 2.05) is 37.2 Å². The SMILES string of the molecule is CN(C)c1cccc2c(S(=O)(=O)Nc3ccc(NC(=O)C(C)(C)CN=[N+]=[N-])cc3)cccc12. The Hall–Kier alpha value is -3.75. The second-order valence-corrected chi connectivity index (χ2v) is 10.1. The molecule has 2 N–H and O–H groups in total. The summed E-state index contributed by atoms with van der Waals surface area (Å²) in [5.41, 5.74) is 9.37. The Labute approximate surface area is 193 Å². The molecule has 0 bridgehead atoms. The zero-order chi connectivity index (χ0) is 24.2. The molecular formula is C23H26N6O3S. The van der Waals surface area contributed by atoms with Crippen molar-refractivity contribution in [1.29, 1.82) is 0 Å². The van der Waals surface area contributed by atoms with Gasteiger partial charge in [-0.3, -0.25) is 9.52 Å². The normalized spacial score (nSPS) is 11.5. The van der Waals surface area contributed by atoms with Crippen LogP contribution in [0.25, 0.3) is 21.2 Å². The third-order valence-electron chi connectivity index (χ3n) is 5.17. The molecule has 0 heterocycles. The molecular weight excluding hydrogens is 440 g/mol. The molecule has 3 aromatic rings. The lowest BCUT2D eigenvalue weighted by Crippen LogP contribution is -2.33. The standard InChI is InChI=1S/C23H26N6O3S/c1-23(2,15-25-28-24)22(30)26-16-11-13-17(14-12-16)27-33(31,32)21-10-6-7-18-19(21)8-5-9-20(18)29(3)4/h5-14,27H,15H2,1-4H3,(H,26,30). The number of hydrogen-bond acceptors (Lipinski definition) is 5. The molecule has 9 nitrogen and oxygen atoms in total. The number of benzene rings is 3. The van der Waals surface area contributed by atoms with Crippen molar-refractivity contribution in [3.63, 3.8) is 0 Å². The fourth-order valence-corrected chi connectivity index (χ4v) is 4.58. The van der Waals surface area contributed by atoms with Gasteiger partial charge >= 0.3 is 0 Å². The zero-order valence-electron chi connectivity index (χ0n) is 18.9. The van der Waals surface area contributed by atoms with Crippen LogP contribution in [0.2, 0.25) is 0 Å². The van der Waals surface area contributed by atoms with E-state index >= 15 is 0 Å². The van der Waals surface area contributed by atoms with E-state index in [-0.39, 0.29) is 17.3 Å². The highest BCUT2D eigenvalue weighted by Gasteiger charge is 2.27. The summed E-state index contributed by atoms with van der Waals surface area (Å²) >= 11 is 0. The van der Waals surface area contributed by atoms with Crippen LogP contribution < -0.4 is 14.9 Å². The van der Waals surface area contributed by atoms with Gasteiger partial charge in [0.1, 0.15) is 0 Å². The van der Waals surface area contributed by atoms with Gasteiger partial charge in [-0.05, 0) is 41.9 Å². The van der Waals surface area contributed by atoms with Gasteiger partial charge in [-0.25, -0.2) is 8.42 Å². The third-order valence-corrected chi connectivity index (χ3v) is 6.61. The van der Waals surface area contributed by atoms with Crippen LogP contribution >= 0.6 is 0 Å². The van der Waals surface area contributed by atoms with E-state index in [0.717, 1.165) is 11.1 Å². The maximum atomic E-state index is 13.2. The molecule has 0 saturated heterocycles. The average Bonchev–Trinajstić information content (AvgIpc) is 2.77. The summed E-state index contributed by atoms with van der Waals surface area (Å²) < 4.78 is 28.9. The number of anilines is 3. The van der Waals surface area contributed by atoms with E-state index in [1.165, 1.54) is 0 Å². The Morgan fingerprint density at radius 2 is 1.61 bits per heavy atom. The molecule has 0 spiro atoms. The summed E-state index contributed by atoms with van der Waals surface area (Å²) in [7, 11) is -0.0359. The molecule has 0 aliphatic heterocycles. The molecule has 3 rings (SSSR count). The van der Waals surface area contributed by atoms with Gasteiger partial charge in [0.2, 0.25) is 5.91 Å². The first-order chi connectivity index (χ1) is 15.5. The molecule has 0 radical (unpaired) electrons. The third kappa shape index (κ3) is 5.36. The van der Waals surface area contributed by atoms with Gasteiger partial charge in [0.25, 0.3) is 10.0 Å². The van der Waals surface area contributed by atoms with Crippen molar-refractivity contribution in [2.24, 2.45) is 10.5 Å². The van der Waals surface area contributed by atoms with E-state index in [9.17, 15) is 13.2 Å². The number of azide groups is 1. The molecule has 172 valence electrons. The van der Waals surface area contributed by atoms with Gasteiger partial charge in [-0.15, -0.1) is 0 Å². The number of carbonyl (C=O) groups is 1. The van der Waals surface area contributed by atoms with Crippen LogP contribution in [0, 0.1) is 5.41 Å². The lowest BCUT2D eigenvalue weighted by atomic mass is 9.92. The maximum absolute atomic E-state index is 13.2. The van der Waals surface area contributed by atoms with Crippen LogP contribution in [0.4, 0.5) is 17.1 Å². The largest absolute Gasteiger partial charge is 0.377 e. The maximum Gasteiger partial charge on any atom is 0.262 e. The number of amides is 1. The van der Waals surface area contributed by atoms with Crippen molar-refractivity contribution in [1.82, 2.24) is 0 Å². The second kappa shape index (κ2) is 9.40. The summed E-state index contributed by atoms with van der Waals surface area (Å²) in [6.07, 6.45) is 0. The first-order valence-electron chi connectivity index (χ1n) is 10.2. The first-order valence-corrected chi connectivity index (χ1v) is 11.7. The number of nitrogens with zero attached hydrogens (tertiary/aromatic N) is 4. The molecule has 0 atom stereocenters. The monoisotopic (exact) mass is 466 g/mol. The summed E-state index contributed by atoms with van der Waals surface area (Å²) in [6, 6.07) is 17.1. The minimum Gasteiger partial charge on any atom is -0.377 e. The van der Waals surface area contributed by atoms with E-state index in [2.05, 4.69) is 20.1 Å². The lowest BCUT2D eigenvalue weighted by molar-refractivity contribution is -0.123. The van der Waals surface area contributed by atoms with Crippen LogP contribution in [0.5, 0.6) is 0 Å². The summed E-state index contributed by atoms with van der Waals surface area (Å²) in [6.45, 7) is 3.37. The fraction of sp³-hybridized carbons (Fsp3) is 0.261. The van der Waals surface area contributed by atoms with Crippen molar-refractivity contribution in [2.75, 3.05) is 35.6 Å². The molecule has 0 unspecified atom stereocenters. The van der Waals surface area contributed by atoms with Crippen LogP contribution in [0.1, 0.15) is 13.8 Å². The smallest absolute Gasteiger partial charge is 0.262 e. The summed E-state index contributed by atoms with van der Waals surface area (Å²) in [4.78, 5) is 17.2. The molecule has 3 aromatic carbocycles. The Kier molecular flexibility index (Phi) is 6.81. The van der Waals surface area contributed by atoms with E-state index in [4.69, 9.17) is 5.53 Å². The number of rotatable bonds is 8. The van der Waals surface area contributed by atoms with Crippen LogP contribution in [0.3, 0.4) is 0 Å². The van der Waals surface area contributed by atoms with Crippen molar-refractivity contribution >= 4 is 43.8 Å². The van der Waals surface area contributed by atoms with Gasteiger partial charge in [-0.2, -0.15) is 0 Å². The number of hydrogen-bond donors (Lipinski definition) is 2. The Morgan fingerprint density at radius 1 is 1.00 bits per heavy atom. The van der Waals surface area contributed by atoms with Gasteiger partial charge < -0.3 is 10.2 Å². The fourth-order valence-electron chi connectivity index (χ4n) is 3.30. The Morgan fingerprint density at radius 3 is 2.24 bits per heavy atom. The van der Waals surface area contributed by atoms with Gasteiger partial charge in [-0.1, -0.05) is 43.2 Å². The molecule has 33 heavy (non-hydrogen) atoms. The van der Waals surface area contributed by atoms with Crippen molar-refractivity contribution in [2.45, 2.75) is 18.7 Å². The predicted molar refractivity (Wildman–Crippen MR) is 132 cm³/mol. The quantitative estimate of drug-likeness (QED) is 0.276. The highest BCUT2D eigenvalue weighted by atomic mass is 32.2. The molecule has 10 heteroatoms. The second-order valence-electron chi connectivity index (χ2n) is 8.43. The Bertz CT molecular complexity index is 1330. The topological polar surface area (TPSA) is 127 Å². The highest BCUT2D eigenvalue weighted by molar-refractivity contribution is 7.93. The van der Waals surface area contributed by atoms with Crippen LogP contribution in [0.15, 0.2) is 70.7 Å². The lowest BCUT2D eigenvalue weighted by Gasteiger charge is -2.21. The van der Waals surface area contributed by atoms with Gasteiger partial charge in [0.15, 0.2) is 0 Å². The van der Waals surface area contributed by atoms with Crippen molar-refractivity contribution < 1.29 is 13.2 Å². The summed E-state index contributed by atoms with van der Waals surface area (Å²) in [5.74, 6) is -0.310. The molecule has 0 fully saturated rings. The Balaban J connectivity index is 1.82. The van der Waals surface area contributed by atoms with Crippen molar-refractivity contribution in [3.05, 3.63) is 71.1 Å². The van der Waals surface area contributed by atoms with E-state index in [1.54, 1.807) is 56.3 Å². The van der Waals surface area contributed by atoms with E-state index in [0.29, 0.717) is 16.8 Å². The zero-order valence-corrected chi connectivity index (χ0v) is 19.7. The molecule has 0 aromatic heterocycles. The van der Waals surface area contributed by atoms with Crippen molar-refractivity contribution in [3.8, 4) is 0 Å². The molecule has 0 aliphatic rings. The predicted octanol–water partition coefficient (Wildman–Crippen LogP) is 4.98. The van der Waals surface area contributed by atoms with Crippen LogP contribution in [-0.4, -0.2) is 35.0 Å². The van der Waals surface area contributed by atoms with Gasteiger partial charge in [0.05, 0.1) is 4.90 Å². The number of nitrogens with one attached hydrogen (secondary N) is 2. The van der Waals surface area contributed by atoms with Crippen LogP contribution in [-0.2, 0) is 14.8 Å². The molecule has 0 saturated carbocycles. The number of carbonyl (C=O) groups excluding carboxylic acids is 1. The first kappa shape index (κ1) is 23.9. The van der Waals surface area contributed by atoms with Gasteiger partial charge in [0, 0.05) is 58.8 Å². The van der Waals surface area contributed by atoms with E-state index < -0.39 is 15.4 Å². The minimum absolute atomic E-state index is 0.0216. The minimum atomic E-state index is -3.85. The molecule has 0 aliphatic carbocycles. The molecule has 1 amide bonds. The average molecular weight is 467 g/mol.